The summed E-state index contributed by atoms with van der Waals surface area (Å²) in [6.07, 6.45) is 13.7. The van der Waals surface area contributed by atoms with Gasteiger partial charge in [0.15, 0.2) is 0 Å². The molecule has 2 aromatic rings. The van der Waals surface area contributed by atoms with Gasteiger partial charge < -0.3 is 10.3 Å². The first kappa shape index (κ1) is 13.4. The SMILES string of the molecule is CCCn1cc(-c2cncn2C2CCCCC2N)cn1. The van der Waals surface area contributed by atoms with Gasteiger partial charge in [0.1, 0.15) is 0 Å². The first-order valence-corrected chi connectivity index (χ1v) is 7.60. The Bertz CT molecular complexity index is 556. The van der Waals surface area contributed by atoms with E-state index in [0.717, 1.165) is 37.1 Å². The van der Waals surface area contributed by atoms with E-state index in [1.807, 2.05) is 23.4 Å². The lowest BCUT2D eigenvalue weighted by Crippen LogP contribution is -2.34. The summed E-state index contributed by atoms with van der Waals surface area (Å²) in [4.78, 5) is 4.33. The van der Waals surface area contributed by atoms with Gasteiger partial charge in [0, 0.05) is 24.3 Å². The van der Waals surface area contributed by atoms with Crippen LogP contribution in [0.3, 0.4) is 0 Å². The van der Waals surface area contributed by atoms with Crippen LogP contribution in [0.15, 0.2) is 24.9 Å². The smallest absolute Gasteiger partial charge is 0.0954 e. The summed E-state index contributed by atoms with van der Waals surface area (Å²) in [6, 6.07) is 0.609. The summed E-state index contributed by atoms with van der Waals surface area (Å²) in [5.41, 5.74) is 8.57. The van der Waals surface area contributed by atoms with Crippen LogP contribution in [-0.4, -0.2) is 25.4 Å². The van der Waals surface area contributed by atoms with Crippen LogP contribution in [0.4, 0.5) is 0 Å². The molecule has 2 unspecified atom stereocenters. The molecule has 2 atom stereocenters. The third-order valence-electron chi connectivity index (χ3n) is 4.19. The van der Waals surface area contributed by atoms with Crippen LogP contribution >= 0.6 is 0 Å². The average Bonchev–Trinajstić information content (AvgIpc) is 3.08. The molecule has 5 heteroatoms. The van der Waals surface area contributed by atoms with Crippen LogP contribution < -0.4 is 5.73 Å². The second-order valence-corrected chi connectivity index (χ2v) is 5.69. The molecule has 1 aliphatic rings. The maximum absolute atomic E-state index is 6.30. The summed E-state index contributed by atoms with van der Waals surface area (Å²) in [5.74, 6) is 0. The summed E-state index contributed by atoms with van der Waals surface area (Å²) in [5, 5.41) is 4.41. The molecule has 5 nitrogen and oxygen atoms in total. The van der Waals surface area contributed by atoms with Crippen molar-refractivity contribution in [1.82, 2.24) is 19.3 Å². The molecule has 3 rings (SSSR count). The van der Waals surface area contributed by atoms with Crippen LogP contribution in [0.1, 0.15) is 45.1 Å². The van der Waals surface area contributed by atoms with Crippen LogP contribution in [0.25, 0.3) is 11.3 Å². The molecule has 0 saturated heterocycles. The van der Waals surface area contributed by atoms with Gasteiger partial charge in [0.2, 0.25) is 0 Å². The summed E-state index contributed by atoms with van der Waals surface area (Å²) in [7, 11) is 0. The van der Waals surface area contributed by atoms with Crippen molar-refractivity contribution in [1.29, 1.82) is 0 Å². The standard InChI is InChI=1S/C15H23N5/c1-2-7-19-10-12(8-18-19)15-9-17-11-20(15)14-6-4-3-5-13(14)16/h8-11,13-14H,2-7,16H2,1H3. The van der Waals surface area contributed by atoms with Crippen LogP contribution in [0.2, 0.25) is 0 Å². The highest BCUT2D eigenvalue weighted by Gasteiger charge is 2.25. The Morgan fingerprint density at radius 3 is 2.95 bits per heavy atom. The van der Waals surface area contributed by atoms with E-state index < -0.39 is 0 Å². The van der Waals surface area contributed by atoms with Crippen molar-refractivity contribution in [3.8, 4) is 11.3 Å². The van der Waals surface area contributed by atoms with Crippen molar-refractivity contribution in [2.24, 2.45) is 5.73 Å². The number of nitrogens with zero attached hydrogens (tertiary/aromatic N) is 4. The van der Waals surface area contributed by atoms with Crippen molar-refractivity contribution in [2.75, 3.05) is 0 Å². The van der Waals surface area contributed by atoms with Gasteiger partial charge in [-0.15, -0.1) is 0 Å². The number of imidazole rings is 1. The van der Waals surface area contributed by atoms with Gasteiger partial charge in [0.25, 0.3) is 0 Å². The van der Waals surface area contributed by atoms with E-state index in [9.17, 15) is 0 Å². The van der Waals surface area contributed by atoms with E-state index in [-0.39, 0.29) is 6.04 Å². The van der Waals surface area contributed by atoms with Gasteiger partial charge in [0.05, 0.1) is 30.5 Å². The Kier molecular flexibility index (Phi) is 3.87. The molecule has 0 amide bonds. The zero-order valence-corrected chi connectivity index (χ0v) is 12.1. The first-order valence-electron chi connectivity index (χ1n) is 7.60. The molecule has 0 bridgehead atoms. The minimum Gasteiger partial charge on any atom is -0.326 e. The van der Waals surface area contributed by atoms with Gasteiger partial charge in [-0.3, -0.25) is 4.68 Å². The van der Waals surface area contributed by atoms with E-state index in [0.29, 0.717) is 6.04 Å². The number of hydrogen-bond donors (Lipinski definition) is 1. The van der Waals surface area contributed by atoms with Gasteiger partial charge in [-0.1, -0.05) is 19.8 Å². The van der Waals surface area contributed by atoms with Crippen LogP contribution in [0, 0.1) is 0 Å². The highest BCUT2D eigenvalue weighted by atomic mass is 15.3. The first-order chi connectivity index (χ1) is 9.79. The average molecular weight is 273 g/mol. The molecule has 2 aromatic heterocycles. The van der Waals surface area contributed by atoms with Gasteiger partial charge in [-0.25, -0.2) is 4.98 Å². The summed E-state index contributed by atoms with van der Waals surface area (Å²) in [6.45, 7) is 3.11. The lowest BCUT2D eigenvalue weighted by Gasteiger charge is -2.30. The molecule has 2 heterocycles. The highest BCUT2D eigenvalue weighted by molar-refractivity contribution is 5.56. The van der Waals surface area contributed by atoms with E-state index >= 15 is 0 Å². The predicted octanol–water partition coefficient (Wildman–Crippen LogP) is 2.60. The fourth-order valence-electron chi connectivity index (χ4n) is 3.13. The number of aromatic nitrogens is 4. The number of aryl methyl sites for hydroxylation is 1. The monoisotopic (exact) mass is 273 g/mol. The molecule has 0 aromatic carbocycles. The minimum absolute atomic E-state index is 0.238. The quantitative estimate of drug-likeness (QED) is 0.931. The van der Waals surface area contributed by atoms with E-state index in [1.165, 1.54) is 12.8 Å². The lowest BCUT2D eigenvalue weighted by molar-refractivity contribution is 0.308. The molecular weight excluding hydrogens is 250 g/mol. The number of hydrogen-bond acceptors (Lipinski definition) is 3. The molecule has 1 aliphatic carbocycles. The fourth-order valence-corrected chi connectivity index (χ4v) is 3.13. The highest BCUT2D eigenvalue weighted by Crippen LogP contribution is 2.31. The van der Waals surface area contributed by atoms with E-state index in [2.05, 4.69) is 27.8 Å². The molecule has 1 fully saturated rings. The Hall–Kier alpha value is -1.62. The summed E-state index contributed by atoms with van der Waals surface area (Å²) < 4.78 is 4.24. The Labute approximate surface area is 119 Å². The molecule has 0 spiro atoms. The van der Waals surface area contributed by atoms with Crippen molar-refractivity contribution in [3.05, 3.63) is 24.9 Å². The molecule has 108 valence electrons. The van der Waals surface area contributed by atoms with Gasteiger partial charge in [-0.2, -0.15) is 5.10 Å². The minimum atomic E-state index is 0.238. The fraction of sp³-hybridized carbons (Fsp3) is 0.600. The third-order valence-corrected chi connectivity index (χ3v) is 4.19. The van der Waals surface area contributed by atoms with Gasteiger partial charge >= 0.3 is 0 Å². The normalized spacial score (nSPS) is 23.1. The maximum Gasteiger partial charge on any atom is 0.0954 e. The topological polar surface area (TPSA) is 61.7 Å². The molecular formula is C15H23N5. The Morgan fingerprint density at radius 2 is 2.15 bits per heavy atom. The van der Waals surface area contributed by atoms with Crippen molar-refractivity contribution >= 4 is 0 Å². The van der Waals surface area contributed by atoms with Gasteiger partial charge in [-0.05, 0) is 19.3 Å². The second kappa shape index (κ2) is 5.79. The van der Waals surface area contributed by atoms with E-state index in [1.54, 1.807) is 0 Å². The lowest BCUT2D eigenvalue weighted by atomic mass is 9.90. The maximum atomic E-state index is 6.30. The molecule has 1 saturated carbocycles. The van der Waals surface area contributed by atoms with Crippen LogP contribution in [-0.2, 0) is 6.54 Å². The molecule has 0 aliphatic heterocycles. The Morgan fingerprint density at radius 1 is 1.30 bits per heavy atom. The summed E-state index contributed by atoms with van der Waals surface area (Å²) >= 11 is 0. The Balaban J connectivity index is 1.88. The number of nitrogens with two attached hydrogens (primary N) is 1. The van der Waals surface area contributed by atoms with Crippen LogP contribution in [0.5, 0.6) is 0 Å². The van der Waals surface area contributed by atoms with Crippen molar-refractivity contribution < 1.29 is 0 Å². The largest absolute Gasteiger partial charge is 0.326 e. The van der Waals surface area contributed by atoms with Crippen molar-refractivity contribution in [3.63, 3.8) is 0 Å². The number of rotatable bonds is 4. The molecule has 2 N–H and O–H groups in total. The van der Waals surface area contributed by atoms with E-state index in [4.69, 9.17) is 5.73 Å². The molecule has 20 heavy (non-hydrogen) atoms. The predicted molar refractivity (Wildman–Crippen MR) is 79.2 cm³/mol. The molecule has 0 radical (unpaired) electrons. The second-order valence-electron chi connectivity index (χ2n) is 5.69. The van der Waals surface area contributed by atoms with Crippen molar-refractivity contribution in [2.45, 2.75) is 57.7 Å². The third kappa shape index (κ3) is 2.50. The zero-order chi connectivity index (χ0) is 13.9. The zero-order valence-electron chi connectivity index (χ0n) is 12.1.